The summed E-state index contributed by atoms with van der Waals surface area (Å²) in [4.78, 5) is 31.0. The lowest BCUT2D eigenvalue weighted by Gasteiger charge is -2.34. The van der Waals surface area contributed by atoms with Crippen LogP contribution in [0.2, 0.25) is 0 Å². The molecule has 7 nitrogen and oxygen atoms in total. The van der Waals surface area contributed by atoms with Crippen LogP contribution in [-0.2, 0) is 20.8 Å². The van der Waals surface area contributed by atoms with Gasteiger partial charge < -0.3 is 14.2 Å². The molecule has 0 radical (unpaired) electrons. The molecule has 0 saturated carbocycles. The third-order valence-corrected chi connectivity index (χ3v) is 5.68. The van der Waals surface area contributed by atoms with Crippen molar-refractivity contribution in [2.75, 3.05) is 14.2 Å². The van der Waals surface area contributed by atoms with Crippen molar-refractivity contribution in [2.24, 2.45) is 4.99 Å². The summed E-state index contributed by atoms with van der Waals surface area (Å²) in [6, 6.07) is 16.1. The second-order valence-electron chi connectivity index (χ2n) is 7.78. The van der Waals surface area contributed by atoms with Crippen LogP contribution in [0.1, 0.15) is 33.9 Å². The largest absolute Gasteiger partial charge is 0.482 e. The highest BCUT2D eigenvalue weighted by Gasteiger charge is 2.33. The number of ether oxygens (including phenoxy) is 3. The molecule has 0 aliphatic carbocycles. The van der Waals surface area contributed by atoms with E-state index in [-0.39, 0.29) is 24.7 Å². The summed E-state index contributed by atoms with van der Waals surface area (Å²) in [7, 11) is 2.88. The Kier molecular flexibility index (Phi) is 7.22. The van der Waals surface area contributed by atoms with Gasteiger partial charge in [0.1, 0.15) is 6.61 Å². The molecule has 2 aromatic carbocycles. The van der Waals surface area contributed by atoms with Gasteiger partial charge in [0.25, 0.3) is 0 Å². The summed E-state index contributed by atoms with van der Waals surface area (Å²) >= 11 is 0. The zero-order valence-electron chi connectivity index (χ0n) is 19.1. The Morgan fingerprint density at radius 3 is 2.53 bits per heavy atom. The van der Waals surface area contributed by atoms with Gasteiger partial charge in [-0.25, -0.2) is 14.5 Å². The molecule has 2 atom stereocenters. The standard InChI is InChI=1S/C27H26N2O5/c1-32-25-10-6-9-24(29(25)27(31)34-18-19-7-4-3-5-8-19)22-15-16-28-23(17-22)20-11-13-21(14-12-20)26(30)33-2/h3-14,16-17,23-24H,15,18H2,1-2H3. The van der Waals surface area contributed by atoms with Crippen molar-refractivity contribution < 1.29 is 23.8 Å². The number of allylic oxidation sites excluding steroid dienone is 2. The lowest BCUT2D eigenvalue weighted by molar-refractivity contribution is 0.0600. The van der Waals surface area contributed by atoms with Gasteiger partial charge >= 0.3 is 12.1 Å². The van der Waals surface area contributed by atoms with Crippen LogP contribution < -0.4 is 0 Å². The number of esters is 1. The summed E-state index contributed by atoms with van der Waals surface area (Å²) in [6.45, 7) is 0.166. The summed E-state index contributed by atoms with van der Waals surface area (Å²) in [6.07, 6.45) is 9.53. The molecule has 2 aliphatic heterocycles. The first-order chi connectivity index (χ1) is 16.6. The molecular formula is C27H26N2O5. The third-order valence-electron chi connectivity index (χ3n) is 5.68. The van der Waals surface area contributed by atoms with E-state index < -0.39 is 6.09 Å². The SMILES string of the molecule is COC(=O)c1ccc(C2C=C(C3C=CC=C(OC)N3C(=O)OCc3ccccc3)CC=N2)cc1. The number of amides is 1. The van der Waals surface area contributed by atoms with Crippen LogP contribution in [0.4, 0.5) is 4.79 Å². The van der Waals surface area contributed by atoms with Crippen molar-refractivity contribution >= 4 is 18.3 Å². The zero-order valence-corrected chi connectivity index (χ0v) is 19.1. The molecule has 4 rings (SSSR count). The molecule has 2 unspecified atom stereocenters. The van der Waals surface area contributed by atoms with Gasteiger partial charge in [-0.1, -0.05) is 60.7 Å². The molecule has 1 amide bonds. The maximum atomic E-state index is 13.1. The van der Waals surface area contributed by atoms with E-state index in [4.69, 9.17) is 14.2 Å². The van der Waals surface area contributed by atoms with E-state index in [1.54, 1.807) is 18.2 Å². The fraction of sp³-hybridized carbons (Fsp3) is 0.222. The predicted octanol–water partition coefficient (Wildman–Crippen LogP) is 4.98. The minimum absolute atomic E-state index is 0.166. The number of benzene rings is 2. The maximum Gasteiger partial charge on any atom is 0.417 e. The Labute approximate surface area is 198 Å². The first-order valence-electron chi connectivity index (χ1n) is 10.9. The Morgan fingerprint density at radius 1 is 1.06 bits per heavy atom. The van der Waals surface area contributed by atoms with Gasteiger partial charge in [-0.05, 0) is 34.9 Å². The Balaban J connectivity index is 1.54. The molecule has 2 heterocycles. The summed E-state index contributed by atoms with van der Waals surface area (Å²) in [5, 5.41) is 0. The minimum Gasteiger partial charge on any atom is -0.482 e. The van der Waals surface area contributed by atoms with Crippen molar-refractivity contribution in [3.05, 3.63) is 107 Å². The van der Waals surface area contributed by atoms with Gasteiger partial charge in [-0.3, -0.25) is 4.99 Å². The highest BCUT2D eigenvalue weighted by atomic mass is 16.6. The van der Waals surface area contributed by atoms with Crippen LogP contribution in [0.15, 0.2) is 95.3 Å². The lowest BCUT2D eigenvalue weighted by atomic mass is 9.93. The number of nitrogens with zero attached hydrogens (tertiary/aromatic N) is 2. The molecule has 7 heteroatoms. The van der Waals surface area contributed by atoms with Crippen molar-refractivity contribution in [3.63, 3.8) is 0 Å². The van der Waals surface area contributed by atoms with Gasteiger partial charge in [-0.2, -0.15) is 0 Å². The van der Waals surface area contributed by atoms with Crippen molar-refractivity contribution in [1.82, 2.24) is 4.90 Å². The number of methoxy groups -OCH3 is 2. The normalized spacial score (nSPS) is 19.2. The molecule has 34 heavy (non-hydrogen) atoms. The first kappa shape index (κ1) is 23.0. The lowest BCUT2D eigenvalue weighted by Crippen LogP contribution is -2.42. The first-order valence-corrected chi connectivity index (χ1v) is 10.9. The molecule has 0 fully saturated rings. The molecule has 0 N–H and O–H groups in total. The van der Waals surface area contributed by atoms with Crippen LogP contribution in [0, 0.1) is 0 Å². The van der Waals surface area contributed by atoms with Gasteiger partial charge in [0.15, 0.2) is 5.88 Å². The number of aliphatic imine (C=N–C) groups is 1. The summed E-state index contributed by atoms with van der Waals surface area (Å²) in [5.41, 5.74) is 3.31. The van der Waals surface area contributed by atoms with Gasteiger partial charge in [0.2, 0.25) is 0 Å². The Morgan fingerprint density at radius 2 is 1.82 bits per heavy atom. The van der Waals surface area contributed by atoms with E-state index in [1.807, 2.05) is 66.9 Å². The minimum atomic E-state index is -0.492. The van der Waals surface area contributed by atoms with Crippen LogP contribution in [0.3, 0.4) is 0 Å². The smallest absolute Gasteiger partial charge is 0.417 e. The fourth-order valence-corrected chi connectivity index (χ4v) is 3.92. The molecular weight excluding hydrogens is 432 g/mol. The monoisotopic (exact) mass is 458 g/mol. The van der Waals surface area contributed by atoms with Crippen LogP contribution in [0.5, 0.6) is 0 Å². The molecule has 0 saturated heterocycles. The molecule has 2 aromatic rings. The molecule has 0 bridgehead atoms. The summed E-state index contributed by atoms with van der Waals surface area (Å²) in [5.74, 6) is 0.0266. The number of carbonyl (C=O) groups is 2. The predicted molar refractivity (Wildman–Crippen MR) is 128 cm³/mol. The van der Waals surface area contributed by atoms with Crippen molar-refractivity contribution in [2.45, 2.75) is 25.1 Å². The zero-order chi connectivity index (χ0) is 23.9. The molecule has 0 aromatic heterocycles. The van der Waals surface area contributed by atoms with Gasteiger partial charge in [0, 0.05) is 12.6 Å². The fourth-order valence-electron chi connectivity index (χ4n) is 3.92. The second-order valence-corrected chi connectivity index (χ2v) is 7.78. The number of hydrogen-bond acceptors (Lipinski definition) is 6. The Hall–Kier alpha value is -4.13. The van der Waals surface area contributed by atoms with E-state index in [1.165, 1.54) is 19.1 Å². The van der Waals surface area contributed by atoms with E-state index in [9.17, 15) is 9.59 Å². The topological polar surface area (TPSA) is 77.4 Å². The quantitative estimate of drug-likeness (QED) is 0.451. The van der Waals surface area contributed by atoms with Gasteiger partial charge in [-0.15, -0.1) is 0 Å². The number of carbonyl (C=O) groups excluding carboxylic acids is 2. The third kappa shape index (κ3) is 5.09. The van der Waals surface area contributed by atoms with Crippen LogP contribution in [0.25, 0.3) is 0 Å². The highest BCUT2D eigenvalue weighted by Crippen LogP contribution is 2.31. The van der Waals surface area contributed by atoms with Crippen molar-refractivity contribution in [3.8, 4) is 0 Å². The molecule has 174 valence electrons. The number of rotatable bonds is 6. The molecule has 0 spiro atoms. The average molecular weight is 459 g/mol. The van der Waals surface area contributed by atoms with Crippen LogP contribution in [-0.4, -0.2) is 43.4 Å². The Bertz CT molecular complexity index is 1150. The van der Waals surface area contributed by atoms with E-state index >= 15 is 0 Å². The van der Waals surface area contributed by atoms with Crippen molar-refractivity contribution in [1.29, 1.82) is 0 Å². The second kappa shape index (κ2) is 10.7. The van der Waals surface area contributed by atoms with Gasteiger partial charge in [0.05, 0.1) is 31.9 Å². The number of dihydropyridines is 1. The van der Waals surface area contributed by atoms with E-state index in [0.717, 1.165) is 16.7 Å². The molecule has 2 aliphatic rings. The van der Waals surface area contributed by atoms with Crippen LogP contribution >= 0.6 is 0 Å². The number of hydrogen-bond donors (Lipinski definition) is 0. The highest BCUT2D eigenvalue weighted by molar-refractivity contribution is 5.89. The van der Waals surface area contributed by atoms with E-state index in [2.05, 4.69) is 4.99 Å². The summed E-state index contributed by atoms with van der Waals surface area (Å²) < 4.78 is 15.9. The maximum absolute atomic E-state index is 13.1. The average Bonchev–Trinajstić information content (AvgIpc) is 2.91. The van der Waals surface area contributed by atoms with E-state index in [0.29, 0.717) is 17.9 Å².